The number of rotatable bonds is 9. The van der Waals surface area contributed by atoms with Crippen molar-refractivity contribution in [3.8, 4) is 0 Å². The van der Waals surface area contributed by atoms with Crippen molar-refractivity contribution in [3.05, 3.63) is 35.9 Å². The SMILES string of the molecule is CN=C(NCCC(=O)N(C)Cc1ccccc1)NC(C)CCS(C)(=O)=O.I. The average molecular weight is 510 g/mol. The molecule has 1 aromatic rings. The third kappa shape index (κ3) is 11.9. The number of halogens is 1. The van der Waals surface area contributed by atoms with Gasteiger partial charge in [-0.05, 0) is 18.9 Å². The monoisotopic (exact) mass is 510 g/mol. The van der Waals surface area contributed by atoms with Crippen LogP contribution in [0.3, 0.4) is 0 Å². The normalized spacial score (nSPS) is 12.7. The summed E-state index contributed by atoms with van der Waals surface area (Å²) in [5, 5.41) is 6.22. The van der Waals surface area contributed by atoms with Crippen LogP contribution in [0, 0.1) is 0 Å². The predicted molar refractivity (Wildman–Crippen MR) is 121 cm³/mol. The molecule has 9 heteroatoms. The molecule has 0 aliphatic heterocycles. The molecule has 0 radical (unpaired) electrons. The number of amides is 1. The molecule has 1 unspecified atom stereocenters. The van der Waals surface area contributed by atoms with Crippen LogP contribution in [0.25, 0.3) is 0 Å². The Labute approximate surface area is 179 Å². The van der Waals surface area contributed by atoms with E-state index in [0.717, 1.165) is 5.56 Å². The van der Waals surface area contributed by atoms with Gasteiger partial charge in [-0.3, -0.25) is 9.79 Å². The zero-order valence-corrected chi connectivity index (χ0v) is 19.6. The van der Waals surface area contributed by atoms with Crippen molar-refractivity contribution in [2.24, 2.45) is 4.99 Å². The van der Waals surface area contributed by atoms with Crippen LogP contribution in [0.15, 0.2) is 35.3 Å². The van der Waals surface area contributed by atoms with E-state index in [9.17, 15) is 13.2 Å². The molecule has 154 valence electrons. The fourth-order valence-corrected chi connectivity index (χ4v) is 3.10. The van der Waals surface area contributed by atoms with Gasteiger partial charge in [0.15, 0.2) is 5.96 Å². The van der Waals surface area contributed by atoms with Crippen LogP contribution >= 0.6 is 24.0 Å². The van der Waals surface area contributed by atoms with Crippen LogP contribution in [0.5, 0.6) is 0 Å². The molecule has 0 bridgehead atoms. The molecule has 0 aromatic heterocycles. The summed E-state index contributed by atoms with van der Waals surface area (Å²) < 4.78 is 22.4. The zero-order chi connectivity index (χ0) is 19.6. The number of carbonyl (C=O) groups is 1. The van der Waals surface area contributed by atoms with Crippen LogP contribution in [0.4, 0.5) is 0 Å². The van der Waals surface area contributed by atoms with E-state index in [1.807, 2.05) is 37.3 Å². The van der Waals surface area contributed by atoms with Crippen molar-refractivity contribution < 1.29 is 13.2 Å². The predicted octanol–water partition coefficient (Wildman–Crippen LogP) is 1.64. The van der Waals surface area contributed by atoms with Crippen LogP contribution in [-0.4, -0.2) is 63.9 Å². The number of hydrogen-bond donors (Lipinski definition) is 2. The Morgan fingerprint density at radius 1 is 1.26 bits per heavy atom. The Morgan fingerprint density at radius 3 is 2.44 bits per heavy atom. The molecule has 0 fully saturated rings. The van der Waals surface area contributed by atoms with E-state index in [4.69, 9.17) is 0 Å². The van der Waals surface area contributed by atoms with Gasteiger partial charge in [0, 0.05) is 45.9 Å². The first-order valence-electron chi connectivity index (χ1n) is 8.64. The topological polar surface area (TPSA) is 90.9 Å². The molecular weight excluding hydrogens is 479 g/mol. The second-order valence-corrected chi connectivity index (χ2v) is 8.71. The molecule has 0 aliphatic carbocycles. The number of sulfone groups is 1. The molecule has 1 amide bonds. The minimum Gasteiger partial charge on any atom is -0.356 e. The summed E-state index contributed by atoms with van der Waals surface area (Å²) in [5.41, 5.74) is 1.09. The summed E-state index contributed by atoms with van der Waals surface area (Å²) in [6.07, 6.45) is 2.07. The minimum absolute atomic E-state index is 0. The van der Waals surface area contributed by atoms with E-state index in [1.54, 1.807) is 19.0 Å². The summed E-state index contributed by atoms with van der Waals surface area (Å²) in [4.78, 5) is 18.0. The average Bonchev–Trinajstić information content (AvgIpc) is 2.59. The van der Waals surface area contributed by atoms with Crippen molar-refractivity contribution in [1.82, 2.24) is 15.5 Å². The molecule has 0 aliphatic rings. The van der Waals surface area contributed by atoms with Gasteiger partial charge in [0.25, 0.3) is 0 Å². The van der Waals surface area contributed by atoms with E-state index in [2.05, 4.69) is 15.6 Å². The van der Waals surface area contributed by atoms with Gasteiger partial charge in [0.05, 0.1) is 5.75 Å². The maximum absolute atomic E-state index is 12.2. The molecule has 0 spiro atoms. The maximum Gasteiger partial charge on any atom is 0.224 e. The first kappa shape index (κ1) is 25.6. The Kier molecular flexibility index (Phi) is 12.3. The van der Waals surface area contributed by atoms with Crippen molar-refractivity contribution >= 4 is 45.7 Å². The number of nitrogens with zero attached hydrogens (tertiary/aromatic N) is 2. The maximum atomic E-state index is 12.2. The second-order valence-electron chi connectivity index (χ2n) is 6.45. The van der Waals surface area contributed by atoms with Gasteiger partial charge in [0.1, 0.15) is 9.84 Å². The number of nitrogens with one attached hydrogen (secondary N) is 2. The molecular formula is C18H31IN4O3S. The lowest BCUT2D eigenvalue weighted by atomic mass is 10.2. The van der Waals surface area contributed by atoms with Crippen LogP contribution in [-0.2, 0) is 21.2 Å². The van der Waals surface area contributed by atoms with E-state index in [0.29, 0.717) is 31.9 Å². The summed E-state index contributed by atoms with van der Waals surface area (Å²) in [6, 6.07) is 9.81. The van der Waals surface area contributed by atoms with E-state index < -0.39 is 9.84 Å². The number of benzene rings is 1. The van der Waals surface area contributed by atoms with Crippen molar-refractivity contribution in [3.63, 3.8) is 0 Å². The van der Waals surface area contributed by atoms with Crippen LogP contribution < -0.4 is 10.6 Å². The number of aliphatic imine (C=N–C) groups is 1. The number of guanidine groups is 1. The number of hydrogen-bond acceptors (Lipinski definition) is 4. The zero-order valence-electron chi connectivity index (χ0n) is 16.4. The number of carbonyl (C=O) groups excluding carboxylic acids is 1. The molecule has 7 nitrogen and oxygen atoms in total. The summed E-state index contributed by atoms with van der Waals surface area (Å²) >= 11 is 0. The molecule has 27 heavy (non-hydrogen) atoms. The van der Waals surface area contributed by atoms with Crippen molar-refractivity contribution in [2.45, 2.75) is 32.4 Å². The first-order chi connectivity index (χ1) is 12.2. The Morgan fingerprint density at radius 2 is 1.89 bits per heavy atom. The fourth-order valence-electron chi connectivity index (χ4n) is 2.32. The Hall–Kier alpha value is -1.36. The lowest BCUT2D eigenvalue weighted by molar-refractivity contribution is -0.130. The van der Waals surface area contributed by atoms with Gasteiger partial charge in [-0.1, -0.05) is 30.3 Å². The Balaban J connectivity index is 0.00000676. The van der Waals surface area contributed by atoms with E-state index in [-0.39, 0.29) is 41.7 Å². The highest BCUT2D eigenvalue weighted by Gasteiger charge is 2.11. The summed E-state index contributed by atoms with van der Waals surface area (Å²) in [5.74, 6) is 0.729. The first-order valence-corrected chi connectivity index (χ1v) is 10.7. The fraction of sp³-hybridized carbons (Fsp3) is 0.556. The summed E-state index contributed by atoms with van der Waals surface area (Å²) in [6.45, 7) is 2.93. The third-order valence-electron chi connectivity index (χ3n) is 3.85. The molecule has 1 aromatic carbocycles. The minimum atomic E-state index is -2.98. The van der Waals surface area contributed by atoms with Crippen molar-refractivity contribution in [2.75, 3.05) is 32.6 Å². The molecule has 2 N–H and O–H groups in total. The van der Waals surface area contributed by atoms with Gasteiger partial charge in [0.2, 0.25) is 5.91 Å². The van der Waals surface area contributed by atoms with Gasteiger partial charge in [-0.15, -0.1) is 24.0 Å². The van der Waals surface area contributed by atoms with Crippen LogP contribution in [0.1, 0.15) is 25.3 Å². The second kappa shape index (κ2) is 12.9. The lowest BCUT2D eigenvalue weighted by Crippen LogP contribution is -2.44. The van der Waals surface area contributed by atoms with E-state index >= 15 is 0 Å². The van der Waals surface area contributed by atoms with Gasteiger partial charge in [-0.25, -0.2) is 8.42 Å². The highest BCUT2D eigenvalue weighted by Crippen LogP contribution is 2.03. The molecule has 0 heterocycles. The Bertz CT molecular complexity index is 696. The molecule has 1 atom stereocenters. The van der Waals surface area contributed by atoms with Crippen molar-refractivity contribution in [1.29, 1.82) is 0 Å². The van der Waals surface area contributed by atoms with Gasteiger partial charge < -0.3 is 15.5 Å². The van der Waals surface area contributed by atoms with Gasteiger partial charge in [-0.2, -0.15) is 0 Å². The molecule has 0 saturated heterocycles. The largest absolute Gasteiger partial charge is 0.356 e. The van der Waals surface area contributed by atoms with Gasteiger partial charge >= 0.3 is 0 Å². The van der Waals surface area contributed by atoms with E-state index in [1.165, 1.54) is 6.26 Å². The highest BCUT2D eigenvalue weighted by atomic mass is 127. The third-order valence-corrected chi connectivity index (χ3v) is 4.83. The molecule has 1 rings (SSSR count). The highest BCUT2D eigenvalue weighted by molar-refractivity contribution is 14.0. The molecule has 0 saturated carbocycles. The lowest BCUT2D eigenvalue weighted by Gasteiger charge is -2.19. The smallest absolute Gasteiger partial charge is 0.224 e. The standard InChI is InChI=1S/C18H30N4O3S.HI/c1-15(11-13-26(4,24)25)21-18(19-2)20-12-10-17(23)22(3)14-16-8-6-5-7-9-16;/h5-9,15H,10-14H2,1-4H3,(H2,19,20,21);1H. The summed E-state index contributed by atoms with van der Waals surface area (Å²) in [7, 11) is 0.452. The van der Waals surface area contributed by atoms with Crippen LogP contribution in [0.2, 0.25) is 0 Å². The quantitative estimate of drug-likeness (QED) is 0.300.